The number of hydrogen-bond donors (Lipinski definition) is 0. The number of carbonyl (C=O) groups is 2. The van der Waals surface area contributed by atoms with E-state index in [1.165, 1.54) is 0 Å². The van der Waals surface area contributed by atoms with E-state index in [4.69, 9.17) is 14.2 Å². The fourth-order valence-electron chi connectivity index (χ4n) is 3.02. The number of rotatable bonds is 3. The first-order valence-corrected chi connectivity index (χ1v) is 7.74. The maximum Gasteiger partial charge on any atom is 0.347 e. The van der Waals surface area contributed by atoms with Gasteiger partial charge in [-0.15, -0.1) is 0 Å². The third-order valence-corrected chi connectivity index (χ3v) is 4.16. The van der Waals surface area contributed by atoms with Crippen molar-refractivity contribution in [1.82, 2.24) is 0 Å². The van der Waals surface area contributed by atoms with E-state index in [9.17, 15) is 9.59 Å². The number of fused-ring (bicyclic) bond motifs is 1. The van der Waals surface area contributed by atoms with Crippen LogP contribution >= 0.6 is 0 Å². The smallest absolute Gasteiger partial charge is 0.347 e. The van der Waals surface area contributed by atoms with E-state index in [1.54, 1.807) is 24.3 Å². The molecule has 0 spiro atoms. The highest BCUT2D eigenvalue weighted by molar-refractivity contribution is 6.45. The fourth-order valence-corrected chi connectivity index (χ4v) is 3.02. The molecular formula is C19H15NO5. The van der Waals surface area contributed by atoms with Crippen molar-refractivity contribution in [3.8, 4) is 11.5 Å². The van der Waals surface area contributed by atoms with Gasteiger partial charge in [-0.2, -0.15) is 0 Å². The van der Waals surface area contributed by atoms with Crippen molar-refractivity contribution in [2.24, 2.45) is 0 Å². The summed E-state index contributed by atoms with van der Waals surface area (Å²) in [4.78, 5) is 26.7. The first-order chi connectivity index (χ1) is 12.1. The number of benzene rings is 2. The van der Waals surface area contributed by atoms with Crippen LogP contribution in [0.1, 0.15) is 11.1 Å². The number of nitrogens with zero attached hydrogens (tertiary/aromatic N) is 1. The van der Waals surface area contributed by atoms with Crippen LogP contribution in [-0.2, 0) is 14.3 Å². The number of carbonyl (C=O) groups excluding carboxylic acids is 2. The Bertz CT molecular complexity index is 929. The lowest BCUT2D eigenvalue weighted by atomic mass is 9.94. The minimum Gasteiger partial charge on any atom is -0.454 e. The van der Waals surface area contributed by atoms with Gasteiger partial charge in [0.15, 0.2) is 11.5 Å². The molecule has 126 valence electrons. The number of anilines is 1. The van der Waals surface area contributed by atoms with Gasteiger partial charge >= 0.3 is 11.9 Å². The number of esters is 2. The Kier molecular flexibility index (Phi) is 3.46. The van der Waals surface area contributed by atoms with Crippen LogP contribution in [0.25, 0.3) is 11.1 Å². The van der Waals surface area contributed by atoms with Gasteiger partial charge in [0.2, 0.25) is 6.79 Å². The second-order valence-electron chi connectivity index (χ2n) is 5.91. The van der Waals surface area contributed by atoms with Crippen LogP contribution in [0.3, 0.4) is 0 Å². The van der Waals surface area contributed by atoms with E-state index in [0.29, 0.717) is 22.6 Å². The molecule has 2 aromatic carbocycles. The van der Waals surface area contributed by atoms with Crippen LogP contribution in [0.5, 0.6) is 11.5 Å². The molecule has 0 atom stereocenters. The van der Waals surface area contributed by atoms with Gasteiger partial charge in [0.25, 0.3) is 0 Å². The van der Waals surface area contributed by atoms with Gasteiger partial charge in [-0.3, -0.25) is 0 Å². The number of cyclic esters (lactones) is 2. The van der Waals surface area contributed by atoms with Gasteiger partial charge in [0.1, 0.15) is 0 Å². The third-order valence-electron chi connectivity index (χ3n) is 4.16. The van der Waals surface area contributed by atoms with Crippen molar-refractivity contribution in [3.63, 3.8) is 0 Å². The van der Waals surface area contributed by atoms with E-state index in [-0.39, 0.29) is 17.9 Å². The normalized spacial score (nSPS) is 15.6. The Labute approximate surface area is 144 Å². The number of hydrogen-bond acceptors (Lipinski definition) is 6. The van der Waals surface area contributed by atoms with E-state index in [2.05, 4.69) is 0 Å². The second kappa shape index (κ2) is 5.66. The van der Waals surface area contributed by atoms with Crippen molar-refractivity contribution in [1.29, 1.82) is 0 Å². The lowest BCUT2D eigenvalue weighted by Gasteiger charge is -2.17. The molecule has 0 aromatic heterocycles. The Morgan fingerprint density at radius 3 is 2.40 bits per heavy atom. The van der Waals surface area contributed by atoms with Crippen molar-refractivity contribution in [2.45, 2.75) is 0 Å². The summed E-state index contributed by atoms with van der Waals surface area (Å²) in [5, 5.41) is 0. The summed E-state index contributed by atoms with van der Waals surface area (Å²) in [5.41, 5.74) is 2.52. The Hall–Kier alpha value is -3.28. The molecule has 4 rings (SSSR count). The Morgan fingerprint density at radius 1 is 0.880 bits per heavy atom. The highest BCUT2D eigenvalue weighted by Gasteiger charge is 2.36. The quantitative estimate of drug-likeness (QED) is 0.633. The summed E-state index contributed by atoms with van der Waals surface area (Å²) in [7, 11) is 3.75. The molecule has 0 saturated carbocycles. The average molecular weight is 337 g/mol. The number of para-hydroxylation sites is 1. The molecule has 0 aliphatic carbocycles. The highest BCUT2D eigenvalue weighted by atomic mass is 16.7. The van der Waals surface area contributed by atoms with Gasteiger partial charge in [-0.05, 0) is 23.8 Å². The molecule has 0 N–H and O–H groups in total. The Balaban J connectivity index is 1.94. The molecule has 2 heterocycles. The monoisotopic (exact) mass is 337 g/mol. The van der Waals surface area contributed by atoms with Crippen molar-refractivity contribution < 1.29 is 23.8 Å². The lowest BCUT2D eigenvalue weighted by Crippen LogP contribution is -2.12. The zero-order chi connectivity index (χ0) is 17.6. The summed E-state index contributed by atoms with van der Waals surface area (Å²) < 4.78 is 15.6. The lowest BCUT2D eigenvalue weighted by molar-refractivity contribution is -0.149. The topological polar surface area (TPSA) is 65.1 Å². The van der Waals surface area contributed by atoms with Crippen LogP contribution in [-0.4, -0.2) is 32.8 Å². The van der Waals surface area contributed by atoms with Crippen LogP contribution < -0.4 is 14.4 Å². The predicted molar refractivity (Wildman–Crippen MR) is 91.2 cm³/mol. The van der Waals surface area contributed by atoms with Crippen molar-refractivity contribution in [2.75, 3.05) is 25.8 Å². The molecule has 0 radical (unpaired) electrons. The van der Waals surface area contributed by atoms with Crippen LogP contribution in [0, 0.1) is 0 Å². The van der Waals surface area contributed by atoms with Gasteiger partial charge in [-0.25, -0.2) is 9.59 Å². The maximum atomic E-state index is 12.4. The first kappa shape index (κ1) is 15.3. The Morgan fingerprint density at radius 2 is 1.60 bits per heavy atom. The molecule has 0 fully saturated rings. The van der Waals surface area contributed by atoms with Gasteiger partial charge < -0.3 is 19.1 Å². The summed E-state index contributed by atoms with van der Waals surface area (Å²) in [6.45, 7) is 0.136. The van der Waals surface area contributed by atoms with E-state index in [1.807, 2.05) is 37.2 Å². The SMILES string of the molecule is CN(C)c1ccccc1C1=C(c2ccc3c(c2)OCO3)C(=O)OC1=O. The molecule has 0 saturated heterocycles. The van der Waals surface area contributed by atoms with Gasteiger partial charge in [-0.1, -0.05) is 24.3 Å². The predicted octanol–water partition coefficient (Wildman–Crippen LogP) is 2.48. The number of ether oxygens (including phenoxy) is 3. The molecule has 0 bridgehead atoms. The van der Waals surface area contributed by atoms with Gasteiger partial charge in [0.05, 0.1) is 11.1 Å². The van der Waals surface area contributed by atoms with Crippen LogP contribution in [0.15, 0.2) is 42.5 Å². The molecule has 6 nitrogen and oxygen atoms in total. The first-order valence-electron chi connectivity index (χ1n) is 7.74. The summed E-state index contributed by atoms with van der Waals surface area (Å²) in [5.74, 6) is -0.158. The fraction of sp³-hybridized carbons (Fsp3) is 0.158. The van der Waals surface area contributed by atoms with Crippen molar-refractivity contribution in [3.05, 3.63) is 53.6 Å². The zero-order valence-corrected chi connectivity index (χ0v) is 13.7. The summed E-state index contributed by atoms with van der Waals surface area (Å²) in [6, 6.07) is 12.5. The zero-order valence-electron chi connectivity index (χ0n) is 13.7. The van der Waals surface area contributed by atoms with E-state index in [0.717, 1.165) is 5.69 Å². The maximum absolute atomic E-state index is 12.4. The molecule has 25 heavy (non-hydrogen) atoms. The molecule has 2 aromatic rings. The summed E-state index contributed by atoms with van der Waals surface area (Å²) >= 11 is 0. The highest BCUT2D eigenvalue weighted by Crippen LogP contribution is 2.41. The molecular weight excluding hydrogens is 322 g/mol. The van der Waals surface area contributed by atoms with Crippen LogP contribution in [0.2, 0.25) is 0 Å². The molecule has 0 amide bonds. The minimum atomic E-state index is -0.660. The standard InChI is InChI=1S/C19H15NO5/c1-20(2)13-6-4-3-5-12(13)17-16(18(21)25-19(17)22)11-7-8-14-15(9-11)24-10-23-14/h3-9H,10H2,1-2H3. The van der Waals surface area contributed by atoms with Crippen molar-refractivity contribution >= 4 is 28.8 Å². The van der Waals surface area contributed by atoms with E-state index >= 15 is 0 Å². The van der Waals surface area contributed by atoms with Crippen LogP contribution in [0.4, 0.5) is 5.69 Å². The third kappa shape index (κ3) is 2.42. The van der Waals surface area contributed by atoms with Gasteiger partial charge in [0, 0.05) is 25.3 Å². The van der Waals surface area contributed by atoms with E-state index < -0.39 is 11.9 Å². The largest absolute Gasteiger partial charge is 0.454 e. The molecule has 6 heteroatoms. The molecule has 2 aliphatic rings. The average Bonchev–Trinajstić information content (AvgIpc) is 3.17. The second-order valence-corrected chi connectivity index (χ2v) is 5.91. The minimum absolute atomic E-state index is 0.136. The molecule has 0 unspecified atom stereocenters. The molecule has 2 aliphatic heterocycles. The summed E-state index contributed by atoms with van der Waals surface area (Å²) in [6.07, 6.45) is 0.